The molecule has 0 bridgehead atoms. The molecule has 0 unspecified atom stereocenters. The fourth-order valence-corrected chi connectivity index (χ4v) is 2.91. The smallest absolute Gasteiger partial charge is 0.299 e. The standard InChI is InChI=1S/C12H10F3N7OS2/c13-12(14,15)9-17-10(20-19-9)16-7(23)3-4-22-8(18-21-11(22)24)6-2-1-5-25-6/h1-2,5H,3-4H2,(H,21,24)(H2,16,17,19,20,23). The van der Waals surface area contributed by atoms with Gasteiger partial charge in [0.1, 0.15) is 0 Å². The molecule has 132 valence electrons. The number of amides is 1. The highest BCUT2D eigenvalue weighted by molar-refractivity contribution is 7.71. The van der Waals surface area contributed by atoms with Crippen LogP contribution in [0.25, 0.3) is 10.7 Å². The second kappa shape index (κ2) is 6.76. The summed E-state index contributed by atoms with van der Waals surface area (Å²) in [6, 6.07) is 3.72. The average Bonchev–Trinajstić information content (AvgIpc) is 3.24. The van der Waals surface area contributed by atoms with Crippen molar-refractivity contribution in [3.63, 3.8) is 0 Å². The number of halogens is 3. The quantitative estimate of drug-likeness (QED) is 0.582. The van der Waals surface area contributed by atoms with Crippen LogP contribution in [0.15, 0.2) is 17.5 Å². The summed E-state index contributed by atoms with van der Waals surface area (Å²) in [5, 5.41) is 15.9. The highest BCUT2D eigenvalue weighted by atomic mass is 32.1. The summed E-state index contributed by atoms with van der Waals surface area (Å²) in [6.07, 6.45) is -4.70. The van der Waals surface area contributed by atoms with E-state index in [-0.39, 0.29) is 13.0 Å². The number of nitrogens with one attached hydrogen (secondary N) is 3. The highest BCUT2D eigenvalue weighted by Gasteiger charge is 2.35. The van der Waals surface area contributed by atoms with Gasteiger partial charge in [-0.15, -0.1) is 16.4 Å². The molecule has 3 heterocycles. The van der Waals surface area contributed by atoms with E-state index in [1.165, 1.54) is 11.3 Å². The van der Waals surface area contributed by atoms with Crippen molar-refractivity contribution in [3.05, 3.63) is 28.1 Å². The molecule has 13 heteroatoms. The zero-order chi connectivity index (χ0) is 18.0. The number of hydrogen-bond acceptors (Lipinski definition) is 6. The van der Waals surface area contributed by atoms with E-state index >= 15 is 0 Å². The van der Waals surface area contributed by atoms with E-state index in [4.69, 9.17) is 12.2 Å². The first-order chi connectivity index (χ1) is 11.8. The van der Waals surface area contributed by atoms with Crippen molar-refractivity contribution in [2.24, 2.45) is 0 Å². The van der Waals surface area contributed by atoms with Crippen LogP contribution in [0.5, 0.6) is 0 Å². The van der Waals surface area contributed by atoms with Crippen molar-refractivity contribution in [2.45, 2.75) is 19.1 Å². The Kier molecular flexibility index (Phi) is 4.67. The Balaban J connectivity index is 1.65. The Morgan fingerprint density at radius 2 is 2.16 bits per heavy atom. The molecule has 0 aliphatic heterocycles. The lowest BCUT2D eigenvalue weighted by Gasteiger charge is -2.05. The zero-order valence-corrected chi connectivity index (χ0v) is 13.9. The number of aromatic nitrogens is 6. The molecule has 8 nitrogen and oxygen atoms in total. The van der Waals surface area contributed by atoms with Crippen LogP contribution in [0.2, 0.25) is 0 Å². The summed E-state index contributed by atoms with van der Waals surface area (Å²) < 4.78 is 39.3. The first-order valence-electron chi connectivity index (χ1n) is 6.83. The van der Waals surface area contributed by atoms with E-state index < -0.39 is 23.9 Å². The first kappa shape index (κ1) is 17.3. The summed E-state index contributed by atoms with van der Waals surface area (Å²) >= 11 is 6.60. The number of aromatic amines is 2. The van der Waals surface area contributed by atoms with E-state index in [0.29, 0.717) is 10.6 Å². The fourth-order valence-electron chi connectivity index (χ4n) is 1.96. The number of alkyl halides is 3. The van der Waals surface area contributed by atoms with Crippen molar-refractivity contribution >= 4 is 35.4 Å². The molecule has 3 aromatic rings. The second-order valence-electron chi connectivity index (χ2n) is 4.78. The Bertz CT molecular complexity index is 925. The van der Waals surface area contributed by atoms with E-state index in [2.05, 4.69) is 25.6 Å². The number of anilines is 1. The third-order valence-electron chi connectivity index (χ3n) is 3.07. The minimum absolute atomic E-state index is 0.0396. The normalized spacial score (nSPS) is 11.6. The van der Waals surface area contributed by atoms with Gasteiger partial charge in [0.2, 0.25) is 17.7 Å². The lowest BCUT2D eigenvalue weighted by Crippen LogP contribution is -2.16. The monoisotopic (exact) mass is 389 g/mol. The third kappa shape index (κ3) is 3.93. The number of H-pyrrole nitrogens is 2. The van der Waals surface area contributed by atoms with Crippen molar-refractivity contribution in [3.8, 4) is 10.7 Å². The molecule has 3 N–H and O–H groups in total. The van der Waals surface area contributed by atoms with Gasteiger partial charge < -0.3 is 0 Å². The molecule has 3 aromatic heterocycles. The van der Waals surface area contributed by atoms with Crippen LogP contribution in [0.4, 0.5) is 19.1 Å². The molecule has 1 amide bonds. The predicted molar refractivity (Wildman–Crippen MR) is 85.4 cm³/mol. The number of rotatable bonds is 5. The van der Waals surface area contributed by atoms with Gasteiger partial charge in [0.15, 0.2) is 10.6 Å². The van der Waals surface area contributed by atoms with Gasteiger partial charge in [-0.3, -0.25) is 24.9 Å². The molecule has 0 aromatic carbocycles. The summed E-state index contributed by atoms with van der Waals surface area (Å²) in [4.78, 5) is 16.0. The average molecular weight is 389 g/mol. The SMILES string of the molecule is O=C(CCn1c(-c2cccs2)n[nH]c1=S)Nc1n[nH]c(C(F)(F)F)n1. The Morgan fingerprint density at radius 3 is 2.80 bits per heavy atom. The van der Waals surface area contributed by atoms with Crippen LogP contribution in [0, 0.1) is 4.77 Å². The molecule has 0 fully saturated rings. The van der Waals surface area contributed by atoms with Gasteiger partial charge >= 0.3 is 6.18 Å². The van der Waals surface area contributed by atoms with E-state index in [1.54, 1.807) is 9.67 Å². The lowest BCUT2D eigenvalue weighted by molar-refractivity contribution is -0.144. The zero-order valence-electron chi connectivity index (χ0n) is 12.3. The third-order valence-corrected chi connectivity index (χ3v) is 4.24. The molecule has 0 saturated heterocycles. The van der Waals surface area contributed by atoms with Crippen LogP contribution < -0.4 is 5.32 Å². The maximum absolute atomic E-state index is 12.4. The van der Waals surface area contributed by atoms with Crippen LogP contribution in [0.1, 0.15) is 12.2 Å². The summed E-state index contributed by atoms with van der Waals surface area (Å²) in [5.74, 6) is -1.68. The molecule has 0 aliphatic rings. The molecule has 0 spiro atoms. The molecule has 0 saturated carbocycles. The van der Waals surface area contributed by atoms with Crippen LogP contribution in [-0.4, -0.2) is 35.9 Å². The van der Waals surface area contributed by atoms with E-state index in [0.717, 1.165) is 4.88 Å². The molecule has 0 radical (unpaired) electrons. The molecule has 25 heavy (non-hydrogen) atoms. The van der Waals surface area contributed by atoms with Gasteiger partial charge in [-0.2, -0.15) is 23.3 Å². The van der Waals surface area contributed by atoms with E-state index in [9.17, 15) is 18.0 Å². The minimum atomic E-state index is -4.66. The lowest BCUT2D eigenvalue weighted by atomic mass is 10.3. The first-order valence-corrected chi connectivity index (χ1v) is 8.12. The number of carbonyl (C=O) groups excluding carboxylic acids is 1. The molecule has 0 atom stereocenters. The summed E-state index contributed by atoms with van der Waals surface area (Å²) in [6.45, 7) is 0.199. The minimum Gasteiger partial charge on any atom is -0.299 e. The van der Waals surface area contributed by atoms with Crippen molar-refractivity contribution in [1.29, 1.82) is 0 Å². The van der Waals surface area contributed by atoms with Gasteiger partial charge in [0.25, 0.3) is 0 Å². The topological polar surface area (TPSA) is 104 Å². The maximum atomic E-state index is 12.4. The van der Waals surface area contributed by atoms with Gasteiger partial charge in [-0.25, -0.2) is 0 Å². The fraction of sp³-hybridized carbons (Fsp3) is 0.250. The van der Waals surface area contributed by atoms with Crippen LogP contribution >= 0.6 is 23.6 Å². The Morgan fingerprint density at radius 1 is 1.36 bits per heavy atom. The molecular formula is C12H10F3N7OS2. The molecular weight excluding hydrogens is 379 g/mol. The summed E-state index contributed by atoms with van der Waals surface area (Å²) in [5.41, 5.74) is 0. The Hall–Kier alpha value is -2.54. The van der Waals surface area contributed by atoms with Crippen molar-refractivity contribution in [1.82, 2.24) is 29.9 Å². The Labute approximate surface area is 147 Å². The largest absolute Gasteiger partial charge is 0.451 e. The second-order valence-corrected chi connectivity index (χ2v) is 6.12. The highest BCUT2D eigenvalue weighted by Crippen LogP contribution is 2.26. The van der Waals surface area contributed by atoms with Gasteiger partial charge in [-0.1, -0.05) is 6.07 Å². The van der Waals surface area contributed by atoms with Gasteiger partial charge in [0, 0.05) is 13.0 Å². The summed E-state index contributed by atoms with van der Waals surface area (Å²) in [7, 11) is 0. The number of hydrogen-bond donors (Lipinski definition) is 3. The van der Waals surface area contributed by atoms with Crippen molar-refractivity contribution in [2.75, 3.05) is 5.32 Å². The number of thiophene rings is 1. The van der Waals surface area contributed by atoms with Gasteiger partial charge in [-0.05, 0) is 23.7 Å². The van der Waals surface area contributed by atoms with Crippen molar-refractivity contribution < 1.29 is 18.0 Å². The van der Waals surface area contributed by atoms with Gasteiger partial charge in [0.05, 0.1) is 4.88 Å². The molecule has 3 rings (SSSR count). The van der Waals surface area contributed by atoms with E-state index in [1.807, 2.05) is 17.5 Å². The van der Waals surface area contributed by atoms with Crippen LogP contribution in [-0.2, 0) is 17.5 Å². The van der Waals surface area contributed by atoms with Crippen LogP contribution in [0.3, 0.4) is 0 Å². The maximum Gasteiger partial charge on any atom is 0.451 e. The predicted octanol–water partition coefficient (Wildman–Crippen LogP) is 2.83. The molecule has 0 aliphatic carbocycles. The number of nitrogens with zero attached hydrogens (tertiary/aromatic N) is 4. The number of carbonyl (C=O) groups is 1.